The number of furan rings is 1. The van der Waals surface area contributed by atoms with Crippen LogP contribution < -0.4 is 0 Å². The van der Waals surface area contributed by atoms with Gasteiger partial charge in [0, 0.05) is 54.5 Å². The summed E-state index contributed by atoms with van der Waals surface area (Å²) in [6.45, 7) is 0. The monoisotopic (exact) mass is 724 g/mol. The first-order chi connectivity index (χ1) is 28.3. The normalized spacial score (nSPS) is 12.2. The minimum absolute atomic E-state index is 0.895. The lowest BCUT2D eigenvalue weighted by molar-refractivity contribution is 0.671. The predicted octanol–water partition coefficient (Wildman–Crippen LogP) is 14.9. The standard InChI is InChI=1S/C54H32N2O/c1-2-16-35(17-3-1)55-45-26-11-8-21-39(45)44-32-34(29-30-47(44)55)33-15-14-18-36(31-33)56-46-27-12-9-24-42(46)51-49-40-22-6-4-19-37(40)38-20-5-7-23-41(38)50(49)52-43-25-10-13-28-48(43)57-54(52)53(51)56/h1-32H. The molecule has 0 N–H and O–H groups in total. The first-order valence-corrected chi connectivity index (χ1v) is 19.6. The van der Waals surface area contributed by atoms with Crippen molar-refractivity contribution < 1.29 is 4.42 Å². The lowest BCUT2D eigenvalue weighted by atomic mass is 9.89. The van der Waals surface area contributed by atoms with Crippen LogP contribution in [0.4, 0.5) is 0 Å². The first kappa shape index (κ1) is 30.7. The van der Waals surface area contributed by atoms with Gasteiger partial charge in [0.05, 0.1) is 22.1 Å². The van der Waals surface area contributed by atoms with Gasteiger partial charge in [0.1, 0.15) is 5.58 Å². The number of aromatic nitrogens is 2. The van der Waals surface area contributed by atoms with Crippen LogP contribution in [0.5, 0.6) is 0 Å². The largest absolute Gasteiger partial charge is 0.454 e. The van der Waals surface area contributed by atoms with E-state index >= 15 is 0 Å². The van der Waals surface area contributed by atoms with Crippen molar-refractivity contribution in [1.82, 2.24) is 9.13 Å². The first-order valence-electron chi connectivity index (χ1n) is 19.6. The maximum atomic E-state index is 7.05. The van der Waals surface area contributed by atoms with E-state index < -0.39 is 0 Å². The minimum atomic E-state index is 0.895. The summed E-state index contributed by atoms with van der Waals surface area (Å²) in [5.74, 6) is 0. The number of hydrogen-bond donors (Lipinski definition) is 0. The van der Waals surface area contributed by atoms with Gasteiger partial charge in [-0.25, -0.2) is 0 Å². The van der Waals surface area contributed by atoms with Crippen LogP contribution in [0.2, 0.25) is 0 Å². The highest BCUT2D eigenvalue weighted by molar-refractivity contribution is 6.44. The molecule has 3 heteroatoms. The number of para-hydroxylation sites is 4. The van der Waals surface area contributed by atoms with Crippen LogP contribution in [0.1, 0.15) is 0 Å². The van der Waals surface area contributed by atoms with E-state index in [4.69, 9.17) is 4.42 Å². The molecule has 264 valence electrons. The van der Waals surface area contributed by atoms with Crippen LogP contribution in [-0.4, -0.2) is 9.13 Å². The summed E-state index contributed by atoms with van der Waals surface area (Å²) in [4.78, 5) is 0. The second-order valence-corrected chi connectivity index (χ2v) is 15.2. The molecule has 10 aromatic carbocycles. The molecule has 0 unspecified atom stereocenters. The Balaban J connectivity index is 1.15. The van der Waals surface area contributed by atoms with Crippen molar-refractivity contribution in [3.8, 4) is 22.5 Å². The van der Waals surface area contributed by atoms with Crippen LogP contribution in [0.25, 0.3) is 120 Å². The van der Waals surface area contributed by atoms with Crippen LogP contribution in [0, 0.1) is 0 Å². The molecule has 0 amide bonds. The van der Waals surface area contributed by atoms with Crippen molar-refractivity contribution >= 4 is 97.9 Å². The van der Waals surface area contributed by atoms with Crippen molar-refractivity contribution in [2.45, 2.75) is 0 Å². The summed E-state index contributed by atoms with van der Waals surface area (Å²) in [6.07, 6.45) is 0. The molecule has 13 rings (SSSR count). The van der Waals surface area contributed by atoms with Crippen molar-refractivity contribution in [2.24, 2.45) is 0 Å². The van der Waals surface area contributed by atoms with Gasteiger partial charge in [-0.2, -0.15) is 0 Å². The van der Waals surface area contributed by atoms with Gasteiger partial charge in [-0.15, -0.1) is 0 Å². The van der Waals surface area contributed by atoms with E-state index in [2.05, 4.69) is 203 Å². The van der Waals surface area contributed by atoms with Crippen LogP contribution in [0.3, 0.4) is 0 Å². The van der Waals surface area contributed by atoms with Gasteiger partial charge in [0.2, 0.25) is 0 Å². The Morgan fingerprint density at radius 3 is 1.60 bits per heavy atom. The Labute approximate surface area is 326 Å². The Morgan fingerprint density at radius 2 is 0.842 bits per heavy atom. The second kappa shape index (κ2) is 11.5. The van der Waals surface area contributed by atoms with E-state index in [1.807, 2.05) is 0 Å². The maximum absolute atomic E-state index is 7.05. The van der Waals surface area contributed by atoms with Crippen LogP contribution in [-0.2, 0) is 0 Å². The van der Waals surface area contributed by atoms with Crippen LogP contribution >= 0.6 is 0 Å². The highest BCUT2D eigenvalue weighted by atomic mass is 16.3. The summed E-state index contributed by atoms with van der Waals surface area (Å²) < 4.78 is 11.9. The lowest BCUT2D eigenvalue weighted by Crippen LogP contribution is -1.95. The van der Waals surface area contributed by atoms with E-state index in [9.17, 15) is 0 Å². The average Bonchev–Trinajstić information content (AvgIpc) is 3.95. The van der Waals surface area contributed by atoms with Gasteiger partial charge in [-0.1, -0.05) is 140 Å². The van der Waals surface area contributed by atoms with Gasteiger partial charge in [0.15, 0.2) is 5.58 Å². The predicted molar refractivity (Wildman–Crippen MR) is 240 cm³/mol. The maximum Gasteiger partial charge on any atom is 0.160 e. The van der Waals surface area contributed by atoms with Gasteiger partial charge in [0.25, 0.3) is 0 Å². The van der Waals surface area contributed by atoms with Gasteiger partial charge in [-0.05, 0) is 87.3 Å². The molecule has 3 aromatic heterocycles. The Morgan fingerprint density at radius 1 is 0.298 bits per heavy atom. The van der Waals surface area contributed by atoms with Crippen molar-refractivity contribution in [1.29, 1.82) is 0 Å². The quantitative estimate of drug-likeness (QED) is 0.166. The molecule has 57 heavy (non-hydrogen) atoms. The van der Waals surface area contributed by atoms with Gasteiger partial charge < -0.3 is 13.6 Å². The molecule has 0 saturated carbocycles. The van der Waals surface area contributed by atoms with E-state index in [0.717, 1.165) is 49.9 Å². The average molecular weight is 725 g/mol. The van der Waals surface area contributed by atoms with E-state index in [1.165, 1.54) is 70.5 Å². The summed E-state index contributed by atoms with van der Waals surface area (Å²) in [5.41, 5.74) is 11.1. The molecule has 0 aliphatic rings. The van der Waals surface area contributed by atoms with Crippen molar-refractivity contribution in [3.05, 3.63) is 194 Å². The van der Waals surface area contributed by atoms with Crippen LogP contribution in [0.15, 0.2) is 199 Å². The molecular weight excluding hydrogens is 693 g/mol. The van der Waals surface area contributed by atoms with E-state index in [0.29, 0.717) is 0 Å². The van der Waals surface area contributed by atoms with Gasteiger partial charge in [-0.3, -0.25) is 0 Å². The lowest BCUT2D eigenvalue weighted by Gasteiger charge is -2.14. The summed E-state index contributed by atoms with van der Waals surface area (Å²) in [6, 6.07) is 70.5. The third-order valence-corrected chi connectivity index (χ3v) is 12.2. The molecular formula is C54H32N2O. The minimum Gasteiger partial charge on any atom is -0.454 e. The fourth-order valence-corrected chi connectivity index (χ4v) is 9.93. The molecule has 0 saturated heterocycles. The Hall–Kier alpha value is -7.62. The topological polar surface area (TPSA) is 23.0 Å². The van der Waals surface area contributed by atoms with E-state index in [-0.39, 0.29) is 0 Å². The highest BCUT2D eigenvalue weighted by Gasteiger charge is 2.26. The van der Waals surface area contributed by atoms with Gasteiger partial charge >= 0.3 is 0 Å². The molecule has 3 nitrogen and oxygen atoms in total. The highest BCUT2D eigenvalue weighted by Crippen LogP contribution is 2.50. The number of rotatable bonds is 3. The Kier molecular flexibility index (Phi) is 6.16. The second-order valence-electron chi connectivity index (χ2n) is 15.2. The third kappa shape index (κ3) is 4.15. The third-order valence-electron chi connectivity index (χ3n) is 12.2. The fraction of sp³-hybridized carbons (Fsp3) is 0. The zero-order chi connectivity index (χ0) is 37.2. The molecule has 0 spiro atoms. The zero-order valence-electron chi connectivity index (χ0n) is 30.8. The summed E-state index contributed by atoms with van der Waals surface area (Å²) >= 11 is 0. The fourth-order valence-electron chi connectivity index (χ4n) is 9.93. The molecule has 0 radical (unpaired) electrons. The van der Waals surface area contributed by atoms with E-state index in [1.54, 1.807) is 0 Å². The molecule has 0 fully saturated rings. The number of nitrogens with zero attached hydrogens (tertiary/aromatic N) is 2. The van der Waals surface area contributed by atoms with Crippen molar-refractivity contribution in [2.75, 3.05) is 0 Å². The molecule has 0 aliphatic heterocycles. The smallest absolute Gasteiger partial charge is 0.160 e. The summed E-state index contributed by atoms with van der Waals surface area (Å²) in [7, 11) is 0. The Bertz CT molecular complexity index is 3810. The summed E-state index contributed by atoms with van der Waals surface area (Å²) in [5, 5.41) is 14.7. The molecule has 13 aromatic rings. The molecule has 0 bridgehead atoms. The number of fused-ring (bicyclic) bond motifs is 18. The molecule has 3 heterocycles. The number of hydrogen-bond acceptors (Lipinski definition) is 1. The molecule has 0 atom stereocenters. The van der Waals surface area contributed by atoms with Crippen molar-refractivity contribution in [3.63, 3.8) is 0 Å². The number of benzene rings is 10. The molecule has 0 aliphatic carbocycles. The zero-order valence-corrected chi connectivity index (χ0v) is 30.8. The SMILES string of the molecule is c1ccc(-n2c3ccccc3c3cc(-c4cccc(-n5c6ccccc6c6c7c8ccccc8c8ccccc8c7c7c8ccccc8oc7c65)c4)ccc32)cc1.